The molecule has 0 amide bonds. The van der Waals surface area contributed by atoms with Crippen LogP contribution in [0.5, 0.6) is 11.5 Å². The van der Waals surface area contributed by atoms with Crippen LogP contribution in [0.25, 0.3) is 6.08 Å². The molecule has 0 fully saturated rings. The van der Waals surface area contributed by atoms with Crippen LogP contribution in [0.15, 0.2) is 30.9 Å². The van der Waals surface area contributed by atoms with Crippen molar-refractivity contribution in [2.45, 2.75) is 6.92 Å². The molecule has 0 aliphatic rings. The molecule has 2 N–H and O–H groups in total. The molecule has 0 aliphatic heterocycles. The standard InChI is InChI=1S/C11H12O2/c1-3-4-5-9-6-10(12)8(2)11(13)7-9/h3-7,12-13H,1H2,2H3/b5-4+. The van der Waals surface area contributed by atoms with Crippen LogP contribution in [0.3, 0.4) is 0 Å². The van der Waals surface area contributed by atoms with E-state index in [2.05, 4.69) is 6.58 Å². The molecule has 0 unspecified atom stereocenters. The van der Waals surface area contributed by atoms with Gasteiger partial charge in [-0.05, 0) is 24.6 Å². The summed E-state index contributed by atoms with van der Waals surface area (Å²) in [4.78, 5) is 0. The first kappa shape index (κ1) is 9.39. The second-order valence-electron chi connectivity index (χ2n) is 2.78. The first-order valence-electron chi connectivity index (χ1n) is 3.97. The van der Waals surface area contributed by atoms with E-state index in [0.717, 1.165) is 5.56 Å². The third-order valence-electron chi connectivity index (χ3n) is 1.80. The van der Waals surface area contributed by atoms with Gasteiger partial charge in [0.15, 0.2) is 0 Å². The molecule has 1 aromatic rings. The molecule has 1 aromatic carbocycles. The van der Waals surface area contributed by atoms with E-state index in [1.165, 1.54) is 0 Å². The molecular formula is C11H12O2. The topological polar surface area (TPSA) is 40.5 Å². The van der Waals surface area contributed by atoms with Gasteiger partial charge in [0.25, 0.3) is 0 Å². The van der Waals surface area contributed by atoms with Crippen molar-refractivity contribution in [3.8, 4) is 11.5 Å². The van der Waals surface area contributed by atoms with Crippen LogP contribution in [0.4, 0.5) is 0 Å². The van der Waals surface area contributed by atoms with Gasteiger partial charge in [-0.1, -0.05) is 24.8 Å². The zero-order chi connectivity index (χ0) is 9.84. The van der Waals surface area contributed by atoms with Crippen LogP contribution in [0.2, 0.25) is 0 Å². The van der Waals surface area contributed by atoms with E-state index in [0.29, 0.717) is 5.56 Å². The van der Waals surface area contributed by atoms with Crippen LogP contribution in [-0.4, -0.2) is 10.2 Å². The maximum Gasteiger partial charge on any atom is 0.122 e. The van der Waals surface area contributed by atoms with Gasteiger partial charge in [0.2, 0.25) is 0 Å². The molecular weight excluding hydrogens is 164 g/mol. The van der Waals surface area contributed by atoms with Crippen molar-refractivity contribution in [1.29, 1.82) is 0 Å². The van der Waals surface area contributed by atoms with E-state index in [-0.39, 0.29) is 11.5 Å². The normalized spacial score (nSPS) is 10.5. The fraction of sp³-hybridized carbons (Fsp3) is 0.0909. The van der Waals surface area contributed by atoms with Gasteiger partial charge in [0, 0.05) is 5.56 Å². The summed E-state index contributed by atoms with van der Waals surface area (Å²) in [5.74, 6) is 0.201. The molecule has 2 nitrogen and oxygen atoms in total. The Labute approximate surface area is 77.5 Å². The monoisotopic (exact) mass is 176 g/mol. The molecule has 2 heteroatoms. The van der Waals surface area contributed by atoms with E-state index in [1.54, 1.807) is 37.3 Å². The zero-order valence-electron chi connectivity index (χ0n) is 7.49. The first-order chi connectivity index (χ1) is 6.15. The fourth-order valence-corrected chi connectivity index (χ4v) is 0.981. The minimum Gasteiger partial charge on any atom is -0.508 e. The maximum atomic E-state index is 9.36. The summed E-state index contributed by atoms with van der Waals surface area (Å²) >= 11 is 0. The fourth-order valence-electron chi connectivity index (χ4n) is 0.981. The third-order valence-corrected chi connectivity index (χ3v) is 1.80. The molecule has 0 aromatic heterocycles. The molecule has 0 saturated heterocycles. The SMILES string of the molecule is C=C/C=C/c1cc(O)c(C)c(O)c1. The number of hydrogen-bond acceptors (Lipinski definition) is 2. The lowest BCUT2D eigenvalue weighted by Gasteiger charge is -2.02. The Morgan fingerprint density at radius 3 is 2.23 bits per heavy atom. The smallest absolute Gasteiger partial charge is 0.122 e. The summed E-state index contributed by atoms with van der Waals surface area (Å²) in [5, 5.41) is 18.7. The minimum atomic E-state index is 0.101. The Morgan fingerprint density at radius 2 is 1.77 bits per heavy atom. The van der Waals surface area contributed by atoms with Crippen LogP contribution in [0, 0.1) is 6.92 Å². The molecule has 0 aliphatic carbocycles. The van der Waals surface area contributed by atoms with Crippen LogP contribution in [-0.2, 0) is 0 Å². The summed E-state index contributed by atoms with van der Waals surface area (Å²) < 4.78 is 0. The van der Waals surface area contributed by atoms with Crippen molar-refractivity contribution < 1.29 is 10.2 Å². The molecule has 0 spiro atoms. The summed E-state index contributed by atoms with van der Waals surface area (Å²) in [6, 6.07) is 3.18. The summed E-state index contributed by atoms with van der Waals surface area (Å²) in [5.41, 5.74) is 1.25. The van der Waals surface area contributed by atoms with Crippen molar-refractivity contribution in [3.05, 3.63) is 42.0 Å². The molecule has 0 atom stereocenters. The van der Waals surface area contributed by atoms with Crippen molar-refractivity contribution in [2.24, 2.45) is 0 Å². The van der Waals surface area contributed by atoms with Gasteiger partial charge in [-0.25, -0.2) is 0 Å². The minimum absolute atomic E-state index is 0.101. The highest BCUT2D eigenvalue weighted by Gasteiger charge is 2.02. The number of hydrogen-bond donors (Lipinski definition) is 2. The molecule has 0 saturated carbocycles. The van der Waals surface area contributed by atoms with Crippen molar-refractivity contribution in [1.82, 2.24) is 0 Å². The molecule has 0 heterocycles. The molecule has 0 radical (unpaired) electrons. The second kappa shape index (κ2) is 3.81. The van der Waals surface area contributed by atoms with Gasteiger partial charge in [-0.2, -0.15) is 0 Å². The highest BCUT2D eigenvalue weighted by Crippen LogP contribution is 2.27. The van der Waals surface area contributed by atoms with Gasteiger partial charge in [-0.3, -0.25) is 0 Å². The molecule has 13 heavy (non-hydrogen) atoms. The van der Waals surface area contributed by atoms with Crippen LogP contribution in [0.1, 0.15) is 11.1 Å². The van der Waals surface area contributed by atoms with Crippen LogP contribution < -0.4 is 0 Å². The molecule has 68 valence electrons. The van der Waals surface area contributed by atoms with E-state index in [1.807, 2.05) is 0 Å². The largest absolute Gasteiger partial charge is 0.508 e. The Morgan fingerprint density at radius 1 is 1.23 bits per heavy atom. The lowest BCUT2D eigenvalue weighted by Crippen LogP contribution is -1.79. The van der Waals surface area contributed by atoms with Crippen molar-refractivity contribution in [3.63, 3.8) is 0 Å². The van der Waals surface area contributed by atoms with E-state index in [4.69, 9.17) is 0 Å². The van der Waals surface area contributed by atoms with Gasteiger partial charge in [-0.15, -0.1) is 0 Å². The number of aromatic hydroxyl groups is 2. The molecule has 1 rings (SSSR count). The Kier molecular flexibility index (Phi) is 2.75. The maximum absolute atomic E-state index is 9.36. The quantitative estimate of drug-likeness (QED) is 0.680. The number of allylic oxidation sites excluding steroid dienone is 2. The average molecular weight is 176 g/mol. The second-order valence-corrected chi connectivity index (χ2v) is 2.78. The third kappa shape index (κ3) is 2.12. The lowest BCUT2D eigenvalue weighted by molar-refractivity contribution is 0.443. The number of phenolic OH excluding ortho intramolecular Hbond substituents is 2. The van der Waals surface area contributed by atoms with Crippen LogP contribution >= 0.6 is 0 Å². The highest BCUT2D eigenvalue weighted by atomic mass is 16.3. The lowest BCUT2D eigenvalue weighted by atomic mass is 10.1. The number of benzene rings is 1. The van der Waals surface area contributed by atoms with Gasteiger partial charge < -0.3 is 10.2 Å². The highest BCUT2D eigenvalue weighted by molar-refractivity contribution is 5.58. The predicted octanol–water partition coefficient (Wildman–Crippen LogP) is 2.61. The summed E-state index contributed by atoms with van der Waals surface area (Å²) in [6.45, 7) is 5.18. The average Bonchev–Trinajstić information content (AvgIpc) is 2.10. The zero-order valence-corrected chi connectivity index (χ0v) is 7.49. The number of phenols is 2. The summed E-state index contributed by atoms with van der Waals surface area (Å²) in [6.07, 6.45) is 5.13. The van der Waals surface area contributed by atoms with Gasteiger partial charge in [0.05, 0.1) is 0 Å². The van der Waals surface area contributed by atoms with Crippen molar-refractivity contribution in [2.75, 3.05) is 0 Å². The van der Waals surface area contributed by atoms with E-state index >= 15 is 0 Å². The van der Waals surface area contributed by atoms with E-state index < -0.39 is 0 Å². The Hall–Kier alpha value is -1.70. The Balaban J connectivity index is 3.12. The van der Waals surface area contributed by atoms with Crippen molar-refractivity contribution >= 4 is 6.08 Å². The summed E-state index contributed by atoms with van der Waals surface area (Å²) in [7, 11) is 0. The number of rotatable bonds is 2. The van der Waals surface area contributed by atoms with E-state index in [9.17, 15) is 10.2 Å². The molecule has 0 bridgehead atoms. The Bertz CT molecular complexity index is 328. The first-order valence-corrected chi connectivity index (χ1v) is 3.97. The van der Waals surface area contributed by atoms with Gasteiger partial charge in [0.1, 0.15) is 11.5 Å². The predicted molar refractivity (Wildman–Crippen MR) is 53.7 cm³/mol. The van der Waals surface area contributed by atoms with Gasteiger partial charge >= 0.3 is 0 Å².